The largest absolute Gasteiger partial charge is 0.497 e. The van der Waals surface area contributed by atoms with Crippen molar-refractivity contribution in [1.82, 2.24) is 5.32 Å². The molecule has 0 fully saturated rings. The molecule has 2 N–H and O–H groups in total. The van der Waals surface area contributed by atoms with Gasteiger partial charge >= 0.3 is 0 Å². The maximum Gasteiger partial charge on any atom is 0.251 e. The lowest BCUT2D eigenvalue weighted by molar-refractivity contribution is -0.116. The zero-order valence-corrected chi connectivity index (χ0v) is 16.8. The standard InChI is InChI=1S/C24H24N2O4/c1-29-20-13-9-18(10-14-20)24(28)25-17-5-8-23(27)26-19-11-15-22(16-12-19)30-21-6-3-2-4-7-21/h2-4,6-7,9-16H,5,8,17H2,1H3,(H,25,28)(H,26,27). The van der Waals surface area contributed by atoms with Crippen LogP contribution in [0.3, 0.4) is 0 Å². The average Bonchev–Trinajstić information content (AvgIpc) is 2.78. The molecule has 0 saturated carbocycles. The number of methoxy groups -OCH3 is 1. The van der Waals surface area contributed by atoms with E-state index >= 15 is 0 Å². The Kier molecular flexibility index (Phi) is 7.44. The Hall–Kier alpha value is -3.80. The normalized spacial score (nSPS) is 10.2. The molecule has 0 atom stereocenters. The second-order valence-electron chi connectivity index (χ2n) is 6.58. The highest BCUT2D eigenvalue weighted by molar-refractivity contribution is 5.94. The molecule has 0 aliphatic heterocycles. The summed E-state index contributed by atoms with van der Waals surface area (Å²) in [5.74, 6) is 1.87. The molecule has 2 amide bonds. The summed E-state index contributed by atoms with van der Waals surface area (Å²) in [4.78, 5) is 24.2. The highest BCUT2D eigenvalue weighted by atomic mass is 16.5. The van der Waals surface area contributed by atoms with Crippen LogP contribution in [0.2, 0.25) is 0 Å². The fraction of sp³-hybridized carbons (Fsp3) is 0.167. The third-order valence-corrected chi connectivity index (χ3v) is 4.34. The minimum absolute atomic E-state index is 0.106. The lowest BCUT2D eigenvalue weighted by Gasteiger charge is -2.09. The van der Waals surface area contributed by atoms with Gasteiger partial charge in [0, 0.05) is 24.2 Å². The topological polar surface area (TPSA) is 76.7 Å². The van der Waals surface area contributed by atoms with E-state index in [4.69, 9.17) is 9.47 Å². The monoisotopic (exact) mass is 404 g/mol. The van der Waals surface area contributed by atoms with Crippen molar-refractivity contribution in [1.29, 1.82) is 0 Å². The van der Waals surface area contributed by atoms with Crippen molar-refractivity contribution in [2.75, 3.05) is 19.0 Å². The minimum atomic E-state index is -0.174. The number of ether oxygens (including phenoxy) is 2. The second-order valence-corrected chi connectivity index (χ2v) is 6.58. The fourth-order valence-electron chi connectivity index (χ4n) is 2.75. The third-order valence-electron chi connectivity index (χ3n) is 4.34. The first kappa shape index (κ1) is 20.9. The first-order valence-corrected chi connectivity index (χ1v) is 9.69. The van der Waals surface area contributed by atoms with Crippen LogP contribution in [0.5, 0.6) is 17.2 Å². The molecule has 0 aliphatic carbocycles. The van der Waals surface area contributed by atoms with Crippen LogP contribution in [0.1, 0.15) is 23.2 Å². The fourth-order valence-corrected chi connectivity index (χ4v) is 2.75. The summed E-state index contributed by atoms with van der Waals surface area (Å²) in [6.45, 7) is 0.419. The van der Waals surface area contributed by atoms with Gasteiger partial charge in [-0.1, -0.05) is 18.2 Å². The van der Waals surface area contributed by atoms with Gasteiger partial charge in [-0.15, -0.1) is 0 Å². The number of anilines is 1. The summed E-state index contributed by atoms with van der Waals surface area (Å²) in [6, 6.07) is 23.6. The van der Waals surface area contributed by atoms with Crippen molar-refractivity contribution in [3.8, 4) is 17.2 Å². The summed E-state index contributed by atoms with van der Waals surface area (Å²) >= 11 is 0. The van der Waals surface area contributed by atoms with Crippen molar-refractivity contribution in [2.45, 2.75) is 12.8 Å². The molecule has 30 heavy (non-hydrogen) atoms. The van der Waals surface area contributed by atoms with Gasteiger partial charge in [0.25, 0.3) is 5.91 Å². The minimum Gasteiger partial charge on any atom is -0.497 e. The van der Waals surface area contributed by atoms with Crippen molar-refractivity contribution in [3.05, 3.63) is 84.4 Å². The maximum atomic E-state index is 12.1. The Morgan fingerprint density at radius 2 is 1.43 bits per heavy atom. The van der Waals surface area contributed by atoms with Crippen molar-refractivity contribution in [3.63, 3.8) is 0 Å². The highest BCUT2D eigenvalue weighted by Crippen LogP contribution is 2.22. The predicted molar refractivity (Wildman–Crippen MR) is 116 cm³/mol. The van der Waals surface area contributed by atoms with Crippen LogP contribution >= 0.6 is 0 Å². The van der Waals surface area contributed by atoms with E-state index in [1.54, 1.807) is 55.6 Å². The first-order chi connectivity index (χ1) is 14.6. The first-order valence-electron chi connectivity index (χ1n) is 9.69. The lowest BCUT2D eigenvalue weighted by Crippen LogP contribution is -2.25. The Labute approximate surface area is 175 Å². The molecule has 3 rings (SSSR count). The molecule has 0 heterocycles. The number of amides is 2. The SMILES string of the molecule is COc1ccc(C(=O)NCCCC(=O)Nc2ccc(Oc3ccccc3)cc2)cc1. The van der Waals surface area contributed by atoms with E-state index in [0.29, 0.717) is 42.1 Å². The molecule has 0 spiro atoms. The summed E-state index contributed by atoms with van der Waals surface area (Å²) < 4.78 is 10.8. The number of nitrogens with one attached hydrogen (secondary N) is 2. The van der Waals surface area contributed by atoms with Gasteiger partial charge in [-0.2, -0.15) is 0 Å². The lowest BCUT2D eigenvalue weighted by atomic mass is 10.2. The summed E-state index contributed by atoms with van der Waals surface area (Å²) in [6.07, 6.45) is 0.855. The Balaban J connectivity index is 1.37. The molecule has 154 valence electrons. The van der Waals surface area contributed by atoms with E-state index in [1.165, 1.54) is 0 Å². The van der Waals surface area contributed by atoms with E-state index in [2.05, 4.69) is 10.6 Å². The zero-order valence-electron chi connectivity index (χ0n) is 16.8. The smallest absolute Gasteiger partial charge is 0.251 e. The van der Waals surface area contributed by atoms with Crippen LogP contribution in [0.4, 0.5) is 5.69 Å². The number of benzene rings is 3. The molecule has 0 aromatic heterocycles. The van der Waals surface area contributed by atoms with E-state index in [1.807, 2.05) is 30.3 Å². The molecule has 0 unspecified atom stereocenters. The number of hydrogen-bond donors (Lipinski definition) is 2. The number of hydrogen-bond acceptors (Lipinski definition) is 4. The van der Waals surface area contributed by atoms with Crippen LogP contribution in [0.15, 0.2) is 78.9 Å². The number of carbonyl (C=O) groups excluding carboxylic acids is 2. The van der Waals surface area contributed by atoms with Crippen LogP contribution in [-0.4, -0.2) is 25.5 Å². The third kappa shape index (κ3) is 6.38. The summed E-state index contributed by atoms with van der Waals surface area (Å²) in [5.41, 5.74) is 1.25. The quantitative estimate of drug-likeness (QED) is 0.510. The Morgan fingerprint density at radius 1 is 0.800 bits per heavy atom. The predicted octanol–water partition coefficient (Wildman–Crippen LogP) is 4.64. The molecule has 3 aromatic rings. The van der Waals surface area contributed by atoms with E-state index in [-0.39, 0.29) is 11.8 Å². The molecule has 6 heteroatoms. The molecule has 0 saturated heterocycles. The van der Waals surface area contributed by atoms with Crippen molar-refractivity contribution < 1.29 is 19.1 Å². The van der Waals surface area contributed by atoms with Crippen LogP contribution in [0.25, 0.3) is 0 Å². The average molecular weight is 404 g/mol. The van der Waals surface area contributed by atoms with Crippen LogP contribution in [0, 0.1) is 0 Å². The van der Waals surface area contributed by atoms with Gasteiger partial charge < -0.3 is 20.1 Å². The van der Waals surface area contributed by atoms with Crippen LogP contribution < -0.4 is 20.1 Å². The zero-order chi connectivity index (χ0) is 21.2. The van der Waals surface area contributed by atoms with Crippen molar-refractivity contribution >= 4 is 17.5 Å². The number of rotatable bonds is 9. The summed E-state index contributed by atoms with van der Waals surface area (Å²) in [7, 11) is 1.58. The number of carbonyl (C=O) groups is 2. The van der Waals surface area contributed by atoms with Gasteiger partial charge in [0.1, 0.15) is 17.2 Å². The maximum absolute atomic E-state index is 12.1. The van der Waals surface area contributed by atoms with E-state index in [0.717, 1.165) is 5.75 Å². The molecule has 0 bridgehead atoms. The Bertz CT molecular complexity index is 955. The highest BCUT2D eigenvalue weighted by Gasteiger charge is 2.07. The van der Waals surface area contributed by atoms with E-state index in [9.17, 15) is 9.59 Å². The molecule has 3 aromatic carbocycles. The molecular weight excluding hydrogens is 380 g/mol. The Morgan fingerprint density at radius 3 is 2.10 bits per heavy atom. The van der Waals surface area contributed by atoms with Gasteiger partial charge in [-0.25, -0.2) is 0 Å². The van der Waals surface area contributed by atoms with Gasteiger partial charge in [0.05, 0.1) is 7.11 Å². The molecule has 0 radical (unpaired) electrons. The van der Waals surface area contributed by atoms with Gasteiger partial charge in [0.2, 0.25) is 5.91 Å². The van der Waals surface area contributed by atoms with Gasteiger partial charge in [-0.3, -0.25) is 9.59 Å². The van der Waals surface area contributed by atoms with Gasteiger partial charge in [0.15, 0.2) is 0 Å². The molecular formula is C24H24N2O4. The van der Waals surface area contributed by atoms with E-state index < -0.39 is 0 Å². The second kappa shape index (κ2) is 10.7. The van der Waals surface area contributed by atoms with Crippen molar-refractivity contribution in [2.24, 2.45) is 0 Å². The number of para-hydroxylation sites is 1. The molecule has 0 aliphatic rings. The van der Waals surface area contributed by atoms with Crippen LogP contribution in [-0.2, 0) is 4.79 Å². The van der Waals surface area contributed by atoms with Gasteiger partial charge in [-0.05, 0) is 67.1 Å². The molecule has 6 nitrogen and oxygen atoms in total. The summed E-state index contributed by atoms with van der Waals surface area (Å²) in [5, 5.41) is 5.65.